The van der Waals surface area contributed by atoms with Crippen LogP contribution < -0.4 is 14.2 Å². The van der Waals surface area contributed by atoms with E-state index in [2.05, 4.69) is 11.9 Å². The molecular weight excluding hydrogens is 459 g/mol. The van der Waals surface area contributed by atoms with Crippen molar-refractivity contribution in [2.75, 3.05) is 20.0 Å². The monoisotopic (exact) mass is 484 g/mol. The van der Waals surface area contributed by atoms with Gasteiger partial charge in [-0.1, -0.05) is 37.8 Å². The lowest BCUT2D eigenvalue weighted by Crippen LogP contribution is -2.30. The van der Waals surface area contributed by atoms with Crippen molar-refractivity contribution in [3.8, 4) is 22.8 Å². The van der Waals surface area contributed by atoms with Crippen molar-refractivity contribution in [2.24, 2.45) is 5.41 Å². The molecule has 0 bridgehead atoms. The number of halogens is 2. The Balaban J connectivity index is 1.85. The smallest absolute Gasteiger partial charge is 0.267 e. The van der Waals surface area contributed by atoms with E-state index < -0.39 is 27.3 Å². The fourth-order valence-electron chi connectivity index (χ4n) is 3.82. The SMILES string of the molecule is COc1cc(C(=O)NS(C)(=O)=O)c(F)cc1-c1cnc(OCC2(C)CCCCC2)c(Cl)c1. The molecule has 1 aliphatic carbocycles. The van der Waals surface area contributed by atoms with Crippen LogP contribution in [0.4, 0.5) is 4.39 Å². The highest BCUT2D eigenvalue weighted by Crippen LogP contribution is 2.38. The Morgan fingerprint density at radius 3 is 2.53 bits per heavy atom. The quantitative estimate of drug-likeness (QED) is 0.617. The minimum atomic E-state index is -3.85. The van der Waals surface area contributed by atoms with E-state index in [9.17, 15) is 17.6 Å². The van der Waals surface area contributed by atoms with Gasteiger partial charge < -0.3 is 9.47 Å². The summed E-state index contributed by atoms with van der Waals surface area (Å²) in [6.45, 7) is 2.71. The highest BCUT2D eigenvalue weighted by Gasteiger charge is 2.28. The Morgan fingerprint density at radius 2 is 1.94 bits per heavy atom. The number of ether oxygens (including phenoxy) is 2. The van der Waals surface area contributed by atoms with E-state index in [1.54, 1.807) is 10.8 Å². The zero-order chi connectivity index (χ0) is 23.5. The van der Waals surface area contributed by atoms with Gasteiger partial charge in [0.05, 0.1) is 25.5 Å². The van der Waals surface area contributed by atoms with Gasteiger partial charge in [-0.3, -0.25) is 4.79 Å². The van der Waals surface area contributed by atoms with Crippen LogP contribution in [0.2, 0.25) is 5.02 Å². The molecule has 1 aromatic heterocycles. The van der Waals surface area contributed by atoms with Crippen LogP contribution in [0.5, 0.6) is 11.6 Å². The van der Waals surface area contributed by atoms with E-state index in [0.717, 1.165) is 31.2 Å². The van der Waals surface area contributed by atoms with Crippen LogP contribution in [0.15, 0.2) is 24.4 Å². The van der Waals surface area contributed by atoms with Crippen LogP contribution in [0.25, 0.3) is 11.1 Å². The summed E-state index contributed by atoms with van der Waals surface area (Å²) >= 11 is 6.38. The lowest BCUT2D eigenvalue weighted by molar-refractivity contribution is 0.0977. The first-order valence-corrected chi connectivity index (χ1v) is 12.5. The predicted molar refractivity (Wildman–Crippen MR) is 120 cm³/mol. The van der Waals surface area contributed by atoms with E-state index in [-0.39, 0.29) is 16.2 Å². The van der Waals surface area contributed by atoms with Crippen molar-refractivity contribution in [1.29, 1.82) is 0 Å². The van der Waals surface area contributed by atoms with E-state index in [1.165, 1.54) is 32.6 Å². The number of sulfonamides is 1. The molecule has 1 aromatic carbocycles. The largest absolute Gasteiger partial charge is 0.496 e. The molecule has 2 aromatic rings. The Hall–Kier alpha value is -2.39. The highest BCUT2D eigenvalue weighted by atomic mass is 35.5. The molecule has 0 radical (unpaired) electrons. The summed E-state index contributed by atoms with van der Waals surface area (Å²) in [6.07, 6.45) is 8.10. The lowest BCUT2D eigenvalue weighted by atomic mass is 9.76. The number of aromatic nitrogens is 1. The number of nitrogens with zero attached hydrogens (tertiary/aromatic N) is 1. The number of pyridine rings is 1. The average Bonchev–Trinajstić information content (AvgIpc) is 2.72. The van der Waals surface area contributed by atoms with E-state index in [4.69, 9.17) is 21.1 Å². The number of hydrogen-bond donors (Lipinski definition) is 1. The molecule has 0 atom stereocenters. The van der Waals surface area contributed by atoms with Crippen molar-refractivity contribution in [2.45, 2.75) is 39.0 Å². The summed E-state index contributed by atoms with van der Waals surface area (Å²) in [7, 11) is -2.49. The van der Waals surface area contributed by atoms with Crippen LogP contribution in [0.1, 0.15) is 49.4 Å². The topological polar surface area (TPSA) is 94.6 Å². The number of carbonyl (C=O) groups excluding carboxylic acids is 1. The van der Waals surface area contributed by atoms with Gasteiger partial charge in [-0.15, -0.1) is 0 Å². The van der Waals surface area contributed by atoms with Gasteiger partial charge in [0.1, 0.15) is 16.6 Å². The minimum absolute atomic E-state index is 0.0939. The molecule has 1 amide bonds. The second kappa shape index (κ2) is 9.62. The van der Waals surface area contributed by atoms with Gasteiger partial charge in [0, 0.05) is 22.7 Å². The Morgan fingerprint density at radius 1 is 1.25 bits per heavy atom. The standard InChI is InChI=1S/C22H26ClFN2O5S/c1-22(7-5-4-6-8-22)13-31-21-17(23)9-14(12-25-21)15-10-18(24)16(11-19(15)30-2)20(27)26-32(3,28)29/h9-12H,4-8,13H2,1-3H3,(H,26,27). The first-order chi connectivity index (χ1) is 15.0. The molecular formula is C22H26ClFN2O5S. The van der Waals surface area contributed by atoms with Gasteiger partial charge in [-0.05, 0) is 31.0 Å². The summed E-state index contributed by atoms with van der Waals surface area (Å²) in [5.41, 5.74) is 0.394. The molecule has 0 saturated heterocycles. The third-order valence-electron chi connectivity index (χ3n) is 5.55. The molecule has 10 heteroatoms. The number of methoxy groups -OCH3 is 1. The Kier molecular flexibility index (Phi) is 7.29. The maximum absolute atomic E-state index is 14.6. The molecule has 0 spiro atoms. The van der Waals surface area contributed by atoms with Crippen molar-refractivity contribution >= 4 is 27.5 Å². The zero-order valence-electron chi connectivity index (χ0n) is 18.2. The Labute approximate surface area is 192 Å². The van der Waals surface area contributed by atoms with E-state index >= 15 is 0 Å². The minimum Gasteiger partial charge on any atom is -0.496 e. The number of hydrogen-bond acceptors (Lipinski definition) is 6. The second-order valence-electron chi connectivity index (χ2n) is 8.41. The normalized spacial score (nSPS) is 15.8. The third-order valence-corrected chi connectivity index (χ3v) is 6.38. The van der Waals surface area contributed by atoms with Crippen molar-refractivity contribution in [3.05, 3.63) is 40.8 Å². The van der Waals surface area contributed by atoms with Crippen LogP contribution in [0.3, 0.4) is 0 Å². The number of rotatable bonds is 7. The van der Waals surface area contributed by atoms with E-state index in [0.29, 0.717) is 23.6 Å². The molecule has 1 fully saturated rings. The molecule has 1 aliphatic rings. The lowest BCUT2D eigenvalue weighted by Gasteiger charge is -2.33. The highest BCUT2D eigenvalue weighted by molar-refractivity contribution is 7.89. The first-order valence-electron chi connectivity index (χ1n) is 10.2. The third kappa shape index (κ3) is 5.89. The van der Waals surface area contributed by atoms with Crippen molar-refractivity contribution in [3.63, 3.8) is 0 Å². The van der Waals surface area contributed by atoms with Crippen LogP contribution in [-0.2, 0) is 10.0 Å². The predicted octanol–water partition coefficient (Wildman–Crippen LogP) is 4.59. The van der Waals surface area contributed by atoms with Gasteiger partial charge in [0.15, 0.2) is 0 Å². The van der Waals surface area contributed by atoms with Crippen molar-refractivity contribution < 1.29 is 27.1 Å². The molecule has 1 N–H and O–H groups in total. The second-order valence-corrected chi connectivity index (χ2v) is 10.6. The summed E-state index contributed by atoms with van der Waals surface area (Å²) in [6, 6.07) is 3.79. The molecule has 174 valence electrons. The van der Waals surface area contributed by atoms with Gasteiger partial charge in [0.2, 0.25) is 15.9 Å². The maximum atomic E-state index is 14.6. The molecule has 3 rings (SSSR count). The summed E-state index contributed by atoms with van der Waals surface area (Å²) in [4.78, 5) is 16.4. The van der Waals surface area contributed by atoms with Crippen LogP contribution in [-0.4, -0.2) is 39.3 Å². The van der Waals surface area contributed by atoms with Crippen LogP contribution in [0, 0.1) is 11.2 Å². The van der Waals surface area contributed by atoms with Gasteiger partial charge in [-0.2, -0.15) is 0 Å². The summed E-state index contributed by atoms with van der Waals surface area (Å²) < 4.78 is 50.1. The number of nitrogens with one attached hydrogen (secondary N) is 1. The van der Waals surface area contributed by atoms with E-state index in [1.807, 2.05) is 0 Å². The van der Waals surface area contributed by atoms with Crippen LogP contribution >= 0.6 is 11.6 Å². The fraction of sp³-hybridized carbons (Fsp3) is 0.455. The summed E-state index contributed by atoms with van der Waals surface area (Å²) in [5.74, 6) is -1.55. The average molecular weight is 485 g/mol. The molecule has 0 aliphatic heterocycles. The van der Waals surface area contributed by atoms with Gasteiger partial charge in [-0.25, -0.2) is 22.5 Å². The first kappa shape index (κ1) is 24.3. The fourth-order valence-corrected chi connectivity index (χ4v) is 4.48. The molecule has 7 nitrogen and oxygen atoms in total. The number of benzene rings is 1. The maximum Gasteiger partial charge on any atom is 0.267 e. The molecule has 0 unspecified atom stereocenters. The molecule has 1 saturated carbocycles. The molecule has 32 heavy (non-hydrogen) atoms. The zero-order valence-corrected chi connectivity index (χ0v) is 19.8. The Bertz CT molecular complexity index is 1120. The number of carbonyl (C=O) groups is 1. The summed E-state index contributed by atoms with van der Waals surface area (Å²) in [5, 5.41) is 0.267. The molecule has 1 heterocycles. The van der Waals surface area contributed by atoms with Gasteiger partial charge in [0.25, 0.3) is 5.91 Å². The van der Waals surface area contributed by atoms with Gasteiger partial charge >= 0.3 is 0 Å². The van der Waals surface area contributed by atoms with Crippen molar-refractivity contribution in [1.82, 2.24) is 9.71 Å². The number of amides is 1.